The van der Waals surface area contributed by atoms with Gasteiger partial charge in [-0.2, -0.15) is 0 Å². The van der Waals surface area contributed by atoms with Gasteiger partial charge in [-0.1, -0.05) is 12.6 Å². The number of nitrogens with zero attached hydrogens (tertiary/aromatic N) is 4. The predicted octanol–water partition coefficient (Wildman–Crippen LogP) is 4.79. The third-order valence-corrected chi connectivity index (χ3v) is 7.87. The average molecular weight is 529 g/mol. The van der Waals surface area contributed by atoms with Gasteiger partial charge in [0.2, 0.25) is 0 Å². The summed E-state index contributed by atoms with van der Waals surface area (Å²) in [6.07, 6.45) is 8.67. The van der Waals surface area contributed by atoms with Crippen molar-refractivity contribution >= 4 is 23.0 Å². The van der Waals surface area contributed by atoms with Crippen LogP contribution in [0.3, 0.4) is 0 Å². The Hall–Kier alpha value is -3.82. The van der Waals surface area contributed by atoms with Crippen LogP contribution in [-0.2, 0) is 11.3 Å². The molecular formula is C30H33FN6O2. The molecule has 6 rings (SSSR count). The van der Waals surface area contributed by atoms with Crippen LogP contribution in [0.2, 0.25) is 0 Å². The topological polar surface area (TPSA) is 83.3 Å². The highest BCUT2D eigenvalue weighted by Gasteiger charge is 2.28. The van der Waals surface area contributed by atoms with E-state index in [0.29, 0.717) is 35.9 Å². The zero-order valence-corrected chi connectivity index (χ0v) is 22.2. The Kier molecular flexibility index (Phi) is 7.01. The largest absolute Gasteiger partial charge is 0.381 e. The van der Waals surface area contributed by atoms with Crippen LogP contribution in [-0.4, -0.2) is 58.8 Å². The number of pyridine rings is 1. The zero-order chi connectivity index (χ0) is 26.9. The molecule has 1 atom stereocenters. The van der Waals surface area contributed by atoms with Gasteiger partial charge in [0.05, 0.1) is 35.5 Å². The number of aliphatic imine (C=N–C) groups is 1. The Balaban J connectivity index is 1.33. The molecule has 3 aliphatic rings. The number of hydrogen-bond donors (Lipinski definition) is 2. The summed E-state index contributed by atoms with van der Waals surface area (Å²) in [5, 5.41) is 6.39. The van der Waals surface area contributed by atoms with Gasteiger partial charge in [-0.3, -0.25) is 14.1 Å². The number of rotatable bonds is 8. The van der Waals surface area contributed by atoms with Crippen molar-refractivity contribution in [3.05, 3.63) is 77.7 Å². The van der Waals surface area contributed by atoms with Crippen LogP contribution in [0.4, 0.5) is 10.1 Å². The summed E-state index contributed by atoms with van der Waals surface area (Å²) in [4.78, 5) is 24.9. The number of fused-ring (bicyclic) bond motifs is 2. The smallest absolute Gasteiger partial charge is 0.254 e. The molecule has 2 saturated heterocycles. The monoisotopic (exact) mass is 528 g/mol. The number of amides is 1. The van der Waals surface area contributed by atoms with E-state index in [1.165, 1.54) is 25.0 Å². The van der Waals surface area contributed by atoms with Gasteiger partial charge in [0.25, 0.3) is 5.91 Å². The maximum Gasteiger partial charge on any atom is 0.254 e. The third kappa shape index (κ3) is 4.99. The van der Waals surface area contributed by atoms with Gasteiger partial charge >= 0.3 is 0 Å². The molecule has 3 aromatic rings. The molecule has 2 aromatic heterocycles. The van der Waals surface area contributed by atoms with Crippen molar-refractivity contribution in [2.45, 2.75) is 32.7 Å². The lowest BCUT2D eigenvalue weighted by Crippen LogP contribution is -2.30. The maximum absolute atomic E-state index is 13.7. The molecule has 5 heterocycles. The molecule has 202 valence electrons. The SMILES string of the molecule is C=C(/C(CN1CCCC1)=N\C(=C/C)Nc1ccc(-c2cnc3cc(F)ccn23)c2c1C(=O)NC2)[C@H]1CCOC1. The molecule has 0 bridgehead atoms. The summed E-state index contributed by atoms with van der Waals surface area (Å²) in [7, 11) is 0. The highest BCUT2D eigenvalue weighted by Crippen LogP contribution is 2.35. The molecule has 3 aliphatic heterocycles. The predicted molar refractivity (Wildman–Crippen MR) is 150 cm³/mol. The number of likely N-dealkylation sites (tertiary alicyclic amines) is 1. The third-order valence-electron chi connectivity index (χ3n) is 7.87. The number of hydrogen-bond acceptors (Lipinski definition) is 6. The quantitative estimate of drug-likeness (QED) is 0.411. The van der Waals surface area contributed by atoms with E-state index in [4.69, 9.17) is 9.73 Å². The first-order valence-corrected chi connectivity index (χ1v) is 13.6. The van der Waals surface area contributed by atoms with Gasteiger partial charge in [0, 0.05) is 43.4 Å². The van der Waals surface area contributed by atoms with Crippen molar-refractivity contribution in [1.82, 2.24) is 19.6 Å². The number of halogens is 1. The fourth-order valence-electron chi connectivity index (χ4n) is 5.70. The van der Waals surface area contributed by atoms with Gasteiger partial charge in [0.1, 0.15) is 17.3 Å². The van der Waals surface area contributed by atoms with Crippen LogP contribution >= 0.6 is 0 Å². The molecule has 0 radical (unpaired) electrons. The molecular weight excluding hydrogens is 495 g/mol. The maximum atomic E-state index is 13.7. The Morgan fingerprint density at radius 1 is 1.33 bits per heavy atom. The fourth-order valence-corrected chi connectivity index (χ4v) is 5.70. The highest BCUT2D eigenvalue weighted by molar-refractivity contribution is 6.06. The minimum Gasteiger partial charge on any atom is -0.381 e. The number of benzene rings is 1. The van der Waals surface area contributed by atoms with Gasteiger partial charge in [-0.05, 0) is 68.6 Å². The van der Waals surface area contributed by atoms with E-state index in [1.54, 1.807) is 12.4 Å². The second-order valence-corrected chi connectivity index (χ2v) is 10.3. The zero-order valence-electron chi connectivity index (χ0n) is 22.2. The van der Waals surface area contributed by atoms with Crippen LogP contribution in [0.25, 0.3) is 16.9 Å². The minimum absolute atomic E-state index is 0.140. The van der Waals surface area contributed by atoms with Crippen molar-refractivity contribution in [2.75, 3.05) is 38.2 Å². The Labute approximate surface area is 227 Å². The van der Waals surface area contributed by atoms with E-state index in [0.717, 1.165) is 60.8 Å². The van der Waals surface area contributed by atoms with Crippen molar-refractivity contribution in [2.24, 2.45) is 10.9 Å². The van der Waals surface area contributed by atoms with E-state index in [1.807, 2.05) is 29.5 Å². The summed E-state index contributed by atoms with van der Waals surface area (Å²) in [6, 6.07) is 6.68. The second kappa shape index (κ2) is 10.7. The van der Waals surface area contributed by atoms with E-state index in [2.05, 4.69) is 27.1 Å². The molecule has 0 aliphatic carbocycles. The lowest BCUT2D eigenvalue weighted by Gasteiger charge is -2.21. The first kappa shape index (κ1) is 25.5. The molecule has 39 heavy (non-hydrogen) atoms. The van der Waals surface area contributed by atoms with Crippen LogP contribution in [0, 0.1) is 11.7 Å². The van der Waals surface area contributed by atoms with Gasteiger partial charge in [-0.25, -0.2) is 14.4 Å². The minimum atomic E-state index is -0.340. The number of aromatic nitrogens is 2. The Morgan fingerprint density at radius 2 is 2.18 bits per heavy atom. The number of carbonyl (C=O) groups is 1. The molecule has 8 nitrogen and oxygen atoms in total. The highest BCUT2D eigenvalue weighted by atomic mass is 19.1. The van der Waals surface area contributed by atoms with E-state index in [9.17, 15) is 9.18 Å². The van der Waals surface area contributed by atoms with E-state index in [-0.39, 0.29) is 17.6 Å². The lowest BCUT2D eigenvalue weighted by atomic mass is 9.95. The summed E-state index contributed by atoms with van der Waals surface area (Å²) < 4.78 is 21.2. The van der Waals surface area contributed by atoms with Gasteiger partial charge < -0.3 is 15.4 Å². The number of nitrogens with one attached hydrogen (secondary N) is 2. The summed E-state index contributed by atoms with van der Waals surface area (Å²) in [6.45, 7) is 11.1. The molecule has 0 unspecified atom stereocenters. The number of anilines is 1. The number of carbonyl (C=O) groups excluding carboxylic acids is 1. The van der Waals surface area contributed by atoms with Crippen LogP contribution in [0.1, 0.15) is 42.1 Å². The molecule has 0 saturated carbocycles. The number of imidazole rings is 1. The molecule has 1 amide bonds. The Morgan fingerprint density at radius 3 is 2.95 bits per heavy atom. The van der Waals surface area contributed by atoms with Crippen molar-refractivity contribution in [1.29, 1.82) is 0 Å². The summed E-state index contributed by atoms with van der Waals surface area (Å²) >= 11 is 0. The van der Waals surface area contributed by atoms with Crippen LogP contribution in [0.15, 0.2) is 65.7 Å². The van der Waals surface area contributed by atoms with Crippen molar-refractivity contribution in [3.63, 3.8) is 0 Å². The lowest BCUT2D eigenvalue weighted by molar-refractivity contribution is 0.0966. The van der Waals surface area contributed by atoms with Crippen LogP contribution in [0.5, 0.6) is 0 Å². The van der Waals surface area contributed by atoms with E-state index < -0.39 is 0 Å². The Bertz CT molecular complexity index is 1490. The van der Waals surface area contributed by atoms with Gasteiger partial charge in [0.15, 0.2) is 0 Å². The molecule has 9 heteroatoms. The van der Waals surface area contributed by atoms with Crippen molar-refractivity contribution in [3.8, 4) is 11.3 Å². The van der Waals surface area contributed by atoms with Crippen molar-refractivity contribution < 1.29 is 13.9 Å². The molecule has 0 spiro atoms. The fraction of sp³-hybridized carbons (Fsp3) is 0.367. The first-order valence-electron chi connectivity index (χ1n) is 13.6. The second-order valence-electron chi connectivity index (χ2n) is 10.3. The van der Waals surface area contributed by atoms with Crippen LogP contribution < -0.4 is 10.6 Å². The molecule has 2 N–H and O–H groups in total. The van der Waals surface area contributed by atoms with E-state index >= 15 is 0 Å². The van der Waals surface area contributed by atoms with Gasteiger partial charge in [-0.15, -0.1) is 0 Å². The molecule has 2 fully saturated rings. The number of allylic oxidation sites excluding steroid dienone is 1. The summed E-state index contributed by atoms with van der Waals surface area (Å²) in [5.74, 6) is 0.466. The summed E-state index contributed by atoms with van der Waals surface area (Å²) in [5.41, 5.74) is 6.34. The normalized spacial score (nSPS) is 20.1. The average Bonchev–Trinajstić information content (AvgIpc) is 3.75. The number of ether oxygens (including phenoxy) is 1. The molecule has 1 aromatic carbocycles. The standard InChI is InChI=1S/C30H33FN6O2/c1-3-27(35-25(17-36-10-4-5-11-36)19(2)20-9-13-39-18-20)34-24-7-6-22(23-15-33-30(38)29(23)24)26-16-32-28-14-21(31)8-12-37(26)28/h3,6-8,12,14,16,20,34H,2,4-5,9-11,13,15,17-18H2,1H3,(H,33,38)/b27-3-,35-25-/t20-/m0/s1. The first-order chi connectivity index (χ1) is 19.0.